The van der Waals surface area contributed by atoms with Crippen molar-refractivity contribution in [2.75, 3.05) is 42.6 Å². The Bertz CT molecular complexity index is 3640. The second-order valence-electron chi connectivity index (χ2n) is 22.5. The molecule has 450 valence electrons. The lowest BCUT2D eigenvalue weighted by atomic mass is 9.80. The number of aromatic nitrogens is 8. The van der Waals surface area contributed by atoms with Crippen LogP contribution in [0, 0.1) is 0 Å². The molecule has 0 spiro atoms. The normalized spacial score (nSPS) is 16.5. The Hall–Kier alpha value is -8.79. The lowest BCUT2D eigenvalue weighted by molar-refractivity contribution is -0.119. The van der Waals surface area contributed by atoms with Crippen LogP contribution in [-0.2, 0) is 17.9 Å². The van der Waals surface area contributed by atoms with Crippen LogP contribution in [0.3, 0.4) is 0 Å². The van der Waals surface area contributed by atoms with Gasteiger partial charge < -0.3 is 65.7 Å². The molecule has 11 rings (SSSR count). The summed E-state index contributed by atoms with van der Waals surface area (Å²) in [5.41, 5.74) is 16.6. The first-order chi connectivity index (χ1) is 41.6. The molecule has 2 aliphatic rings. The van der Waals surface area contributed by atoms with Crippen LogP contribution < -0.4 is 52.0 Å². The highest BCUT2D eigenvalue weighted by Gasteiger charge is 2.25. The smallest absolute Gasteiger partial charge is 0.488 e. The molecular formula is C65H81BN14O6. The van der Waals surface area contributed by atoms with Crippen molar-refractivity contribution in [1.29, 1.82) is 0 Å². The number of nitrogens with one attached hydrogen (secondary N) is 5. The van der Waals surface area contributed by atoms with E-state index >= 15 is 0 Å². The number of fused-ring (bicyclic) bond motifs is 2. The maximum absolute atomic E-state index is 11.4. The molecule has 2 aliphatic carbocycles. The first kappa shape index (κ1) is 61.8. The van der Waals surface area contributed by atoms with Crippen LogP contribution in [0.15, 0.2) is 134 Å². The van der Waals surface area contributed by atoms with Crippen molar-refractivity contribution in [3.63, 3.8) is 0 Å². The Kier molecular flexibility index (Phi) is 21.1. The van der Waals surface area contributed by atoms with Gasteiger partial charge in [-0.1, -0.05) is 84.9 Å². The number of carbonyl (C=O) groups is 1. The fourth-order valence-corrected chi connectivity index (χ4v) is 10.7. The monoisotopic (exact) mass is 1160 g/mol. The van der Waals surface area contributed by atoms with Crippen LogP contribution in [0.5, 0.6) is 17.2 Å². The first-order valence-electron chi connectivity index (χ1n) is 29.6. The van der Waals surface area contributed by atoms with Gasteiger partial charge in [0.25, 0.3) is 0 Å². The summed E-state index contributed by atoms with van der Waals surface area (Å²) in [7, 11) is 3.48. The van der Waals surface area contributed by atoms with Crippen LogP contribution in [0.25, 0.3) is 44.6 Å². The molecule has 0 saturated heterocycles. The summed E-state index contributed by atoms with van der Waals surface area (Å²) in [4.78, 5) is 40.1. The Morgan fingerprint density at radius 2 is 0.965 bits per heavy atom. The maximum atomic E-state index is 11.4. The lowest BCUT2D eigenvalue weighted by Crippen LogP contribution is -2.39. The topological polar surface area (TPSA) is 259 Å². The molecule has 9 aromatic rings. The van der Waals surface area contributed by atoms with E-state index in [2.05, 4.69) is 134 Å². The molecule has 0 radical (unpaired) electrons. The molecule has 0 aliphatic heterocycles. The fraction of sp³-hybridized carbons (Fsp3) is 0.369. The molecule has 0 bridgehead atoms. The van der Waals surface area contributed by atoms with Crippen LogP contribution in [0.1, 0.15) is 109 Å². The fourth-order valence-electron chi connectivity index (χ4n) is 10.7. The van der Waals surface area contributed by atoms with Crippen molar-refractivity contribution < 1.29 is 29.1 Å². The number of ether oxygens (including phenoxy) is 3. The van der Waals surface area contributed by atoms with E-state index in [1.165, 1.54) is 7.11 Å². The predicted octanol–water partition coefficient (Wildman–Crippen LogP) is 10.3. The van der Waals surface area contributed by atoms with Gasteiger partial charge >= 0.3 is 7.12 Å². The standard InChI is InChI=1S/C30H37N7O2.C28H35N7O.C7H9BO3/c1-19(2)37-18-32-27-28(31-17-21-8-10-22(11-9-21)23-6-5-7-26(16-23)39-4)35-30(36-29(27)37)34-25-14-12-24(13-15-25)33-20(3)38;1-18(2)35-17-31-25-26(33-28(34-27(25)35)32-23-13-11-22(29)12-14-23)30-16-19-7-9-20(10-8-19)21-5-4-6-24(15-21)36-3;1-11-7-4-2-3-6(5-7)8(9)10/h5-11,16,18-19,24-25H,12-15,17H2,1-4H3,(H,33,38)(H2,31,34,35,36);4-10,15,17-18,22-23H,11-14,16,29H2,1-3H3,(H2,30,32,33,34);2-5,9-10H,1H3. The lowest BCUT2D eigenvalue weighted by Gasteiger charge is -2.29. The van der Waals surface area contributed by atoms with E-state index in [0.717, 1.165) is 124 Å². The third-order valence-electron chi connectivity index (χ3n) is 15.6. The Labute approximate surface area is 503 Å². The molecule has 2 saturated carbocycles. The number of nitrogens with zero attached hydrogens (tertiary/aromatic N) is 8. The van der Waals surface area contributed by atoms with Gasteiger partial charge in [0.05, 0.1) is 34.0 Å². The maximum Gasteiger partial charge on any atom is 0.488 e. The number of hydrogen-bond donors (Lipinski definition) is 8. The van der Waals surface area contributed by atoms with Crippen LogP contribution in [0.2, 0.25) is 0 Å². The number of imidazole rings is 2. The Morgan fingerprint density at radius 3 is 1.37 bits per heavy atom. The van der Waals surface area contributed by atoms with Crippen molar-refractivity contribution in [2.45, 2.75) is 135 Å². The van der Waals surface area contributed by atoms with Crippen LogP contribution in [-0.4, -0.2) is 108 Å². The highest BCUT2D eigenvalue weighted by molar-refractivity contribution is 6.58. The zero-order valence-electron chi connectivity index (χ0n) is 50.5. The number of carbonyl (C=O) groups excluding carboxylic acids is 1. The van der Waals surface area contributed by atoms with Gasteiger partial charge in [-0.3, -0.25) is 4.79 Å². The van der Waals surface area contributed by atoms with Crippen molar-refractivity contribution in [3.8, 4) is 39.5 Å². The van der Waals surface area contributed by atoms with Crippen LogP contribution in [0.4, 0.5) is 23.5 Å². The Morgan fingerprint density at radius 1 is 0.558 bits per heavy atom. The van der Waals surface area contributed by atoms with E-state index < -0.39 is 7.12 Å². The molecule has 4 heterocycles. The summed E-state index contributed by atoms with van der Waals surface area (Å²) in [5.74, 6) is 5.05. The molecule has 20 nitrogen and oxygen atoms in total. The SMILES string of the molecule is COc1cccc(-c2ccc(CNc3nc(NC4CCC(N)CC4)nc4c3ncn4C(C)C)cc2)c1.COc1cccc(-c2ccc(CNc3nc(NC4CCC(NC(C)=O)CC4)nc4c3ncn4C(C)C)cc2)c1.COc1cccc(B(O)O)c1. The van der Waals surface area contributed by atoms with Crippen LogP contribution >= 0.6 is 0 Å². The minimum absolute atomic E-state index is 0.0350. The van der Waals surface area contributed by atoms with Gasteiger partial charge in [-0.2, -0.15) is 19.9 Å². The number of anilines is 4. The van der Waals surface area contributed by atoms with Gasteiger partial charge in [0.2, 0.25) is 17.8 Å². The summed E-state index contributed by atoms with van der Waals surface area (Å²) in [6.45, 7) is 11.3. The summed E-state index contributed by atoms with van der Waals surface area (Å²) in [6.07, 6.45) is 11.6. The largest absolute Gasteiger partial charge is 0.497 e. The van der Waals surface area contributed by atoms with Crippen molar-refractivity contribution in [3.05, 3.63) is 145 Å². The van der Waals surface area contributed by atoms with Crippen molar-refractivity contribution in [2.24, 2.45) is 5.73 Å². The van der Waals surface area contributed by atoms with Gasteiger partial charge in [-0.25, -0.2) is 9.97 Å². The number of methoxy groups -OCH3 is 3. The van der Waals surface area contributed by atoms with Gasteiger partial charge in [-0.15, -0.1) is 0 Å². The quantitative estimate of drug-likeness (QED) is 0.0350. The molecule has 9 N–H and O–H groups in total. The average molecular weight is 1170 g/mol. The van der Waals surface area contributed by atoms with Gasteiger partial charge in [0.1, 0.15) is 17.2 Å². The molecule has 4 aromatic heterocycles. The molecule has 0 atom stereocenters. The molecule has 86 heavy (non-hydrogen) atoms. The van der Waals surface area contributed by atoms with Crippen molar-refractivity contribution >= 4 is 64.3 Å². The third-order valence-corrected chi connectivity index (χ3v) is 15.6. The number of benzene rings is 5. The number of amides is 1. The minimum atomic E-state index is -1.43. The highest BCUT2D eigenvalue weighted by Crippen LogP contribution is 2.31. The van der Waals surface area contributed by atoms with Gasteiger partial charge in [0, 0.05) is 56.3 Å². The van der Waals surface area contributed by atoms with E-state index in [9.17, 15) is 4.79 Å². The molecule has 5 aromatic carbocycles. The van der Waals surface area contributed by atoms with E-state index in [4.69, 9.17) is 49.9 Å². The number of hydrogen-bond acceptors (Lipinski definition) is 17. The third kappa shape index (κ3) is 16.3. The number of nitrogens with two attached hydrogens (primary N) is 1. The van der Waals surface area contributed by atoms with E-state index in [0.29, 0.717) is 54.1 Å². The summed E-state index contributed by atoms with van der Waals surface area (Å²) in [6, 6.07) is 41.5. The summed E-state index contributed by atoms with van der Waals surface area (Å²) >= 11 is 0. The highest BCUT2D eigenvalue weighted by atomic mass is 16.5. The molecule has 0 unspecified atom stereocenters. The van der Waals surface area contributed by atoms with Crippen molar-refractivity contribution in [1.82, 2.24) is 44.4 Å². The van der Waals surface area contributed by atoms with E-state index in [-0.39, 0.29) is 30.1 Å². The first-order valence-corrected chi connectivity index (χ1v) is 29.6. The Balaban J connectivity index is 0.000000175. The zero-order chi connectivity index (χ0) is 60.7. The number of rotatable bonds is 19. The average Bonchev–Trinajstić information content (AvgIpc) is 2.27. The molecule has 1 amide bonds. The molecular weight excluding hydrogens is 1080 g/mol. The predicted molar refractivity (Wildman–Crippen MR) is 343 cm³/mol. The second kappa shape index (κ2) is 29.3. The molecule has 2 fully saturated rings. The molecule has 21 heteroatoms. The van der Waals surface area contributed by atoms with Gasteiger partial charge in [-0.05, 0) is 154 Å². The zero-order valence-corrected chi connectivity index (χ0v) is 50.5. The second-order valence-corrected chi connectivity index (χ2v) is 22.5. The summed E-state index contributed by atoms with van der Waals surface area (Å²) in [5, 5.41) is 34.6. The summed E-state index contributed by atoms with van der Waals surface area (Å²) < 4.78 is 19.8. The van der Waals surface area contributed by atoms with Gasteiger partial charge in [0.15, 0.2) is 34.0 Å². The minimum Gasteiger partial charge on any atom is -0.497 e. The van der Waals surface area contributed by atoms with E-state index in [1.807, 2.05) is 49.1 Å². The van der Waals surface area contributed by atoms with E-state index in [1.54, 1.807) is 45.4 Å².